The van der Waals surface area contributed by atoms with Crippen LogP contribution in [0.1, 0.15) is 26.7 Å². The van der Waals surface area contributed by atoms with Gasteiger partial charge in [0.2, 0.25) is 11.8 Å². The molecular weight excluding hydrogens is 294 g/mol. The van der Waals surface area contributed by atoms with Gasteiger partial charge in [-0.25, -0.2) is 0 Å². The minimum Gasteiger partial charge on any atom is -0.378 e. The molecule has 2 heterocycles. The zero-order chi connectivity index (χ0) is 14.8. The summed E-state index contributed by atoms with van der Waals surface area (Å²) in [4.78, 5) is 28.6. The fraction of sp³-hybridized carbons (Fsp3) is 0.857. The van der Waals surface area contributed by atoms with Gasteiger partial charge in [-0.3, -0.25) is 14.5 Å². The van der Waals surface area contributed by atoms with E-state index in [4.69, 9.17) is 4.74 Å². The van der Waals surface area contributed by atoms with Crippen LogP contribution in [0.2, 0.25) is 0 Å². The predicted molar refractivity (Wildman–Crippen MR) is 82.5 cm³/mol. The number of hydrogen-bond acceptors (Lipinski definition) is 4. The first-order valence-corrected chi connectivity index (χ1v) is 7.34. The number of likely N-dealkylation sites (N-methyl/N-ethyl adjacent to an activating group) is 1. The molecule has 1 atom stereocenters. The van der Waals surface area contributed by atoms with Crippen LogP contribution in [0, 0.1) is 0 Å². The summed E-state index contributed by atoms with van der Waals surface area (Å²) < 4.78 is 5.29. The lowest BCUT2D eigenvalue weighted by atomic mass is 9.99. The maximum absolute atomic E-state index is 12.7. The van der Waals surface area contributed by atoms with E-state index < -0.39 is 5.54 Å². The number of morpholine rings is 1. The molecular formula is C14H26ClN3O3. The number of hydrogen-bond donors (Lipinski definition) is 1. The Kier molecular flexibility index (Phi) is 6.43. The van der Waals surface area contributed by atoms with Gasteiger partial charge in [-0.15, -0.1) is 12.4 Å². The van der Waals surface area contributed by atoms with E-state index in [0.717, 1.165) is 19.4 Å². The Labute approximate surface area is 132 Å². The van der Waals surface area contributed by atoms with Crippen LogP contribution in [0.25, 0.3) is 0 Å². The molecule has 0 aromatic rings. The first-order chi connectivity index (χ1) is 9.48. The molecule has 0 radical (unpaired) electrons. The maximum Gasteiger partial charge on any atom is 0.240 e. The van der Waals surface area contributed by atoms with Gasteiger partial charge < -0.3 is 15.0 Å². The Balaban J connectivity index is 0.00000220. The SMILES string of the molecule is CNC(=O)C(C)(C)N1CCC[C@H]1C(=O)N1CCOCC1.Cl. The van der Waals surface area contributed by atoms with Gasteiger partial charge in [0.05, 0.1) is 24.8 Å². The lowest BCUT2D eigenvalue weighted by Crippen LogP contribution is -2.60. The monoisotopic (exact) mass is 319 g/mol. The summed E-state index contributed by atoms with van der Waals surface area (Å²) in [5.41, 5.74) is -0.655. The lowest BCUT2D eigenvalue weighted by molar-refractivity contribution is -0.144. The van der Waals surface area contributed by atoms with Crippen LogP contribution in [-0.2, 0) is 14.3 Å². The van der Waals surface area contributed by atoms with Crippen LogP contribution < -0.4 is 5.32 Å². The van der Waals surface area contributed by atoms with Gasteiger partial charge in [0.1, 0.15) is 0 Å². The van der Waals surface area contributed by atoms with Gasteiger partial charge >= 0.3 is 0 Å². The molecule has 7 heteroatoms. The second-order valence-corrected chi connectivity index (χ2v) is 5.93. The highest BCUT2D eigenvalue weighted by Crippen LogP contribution is 2.28. The number of nitrogens with zero attached hydrogens (tertiary/aromatic N) is 2. The van der Waals surface area contributed by atoms with E-state index in [1.807, 2.05) is 23.6 Å². The minimum absolute atomic E-state index is 0. The van der Waals surface area contributed by atoms with Crippen molar-refractivity contribution in [3.8, 4) is 0 Å². The summed E-state index contributed by atoms with van der Waals surface area (Å²) in [7, 11) is 1.64. The third-order valence-electron chi connectivity index (χ3n) is 4.36. The largest absolute Gasteiger partial charge is 0.378 e. The van der Waals surface area contributed by atoms with Crippen LogP contribution in [0.5, 0.6) is 0 Å². The summed E-state index contributed by atoms with van der Waals surface area (Å²) in [6.07, 6.45) is 1.79. The molecule has 2 fully saturated rings. The van der Waals surface area contributed by atoms with Crippen molar-refractivity contribution in [2.75, 3.05) is 39.9 Å². The molecule has 122 valence electrons. The topological polar surface area (TPSA) is 61.9 Å². The molecule has 2 saturated heterocycles. The highest BCUT2D eigenvalue weighted by molar-refractivity contribution is 5.88. The van der Waals surface area contributed by atoms with Crippen molar-refractivity contribution in [1.82, 2.24) is 15.1 Å². The van der Waals surface area contributed by atoms with Crippen LogP contribution in [0.15, 0.2) is 0 Å². The van der Waals surface area contributed by atoms with Crippen LogP contribution >= 0.6 is 12.4 Å². The summed E-state index contributed by atoms with van der Waals surface area (Å²) in [5.74, 6) is 0.0990. The zero-order valence-corrected chi connectivity index (χ0v) is 13.9. The van der Waals surface area contributed by atoms with E-state index in [0.29, 0.717) is 26.3 Å². The fourth-order valence-corrected chi connectivity index (χ4v) is 3.12. The second kappa shape index (κ2) is 7.42. The van der Waals surface area contributed by atoms with Crippen LogP contribution in [0.4, 0.5) is 0 Å². The predicted octanol–water partition coefficient (Wildman–Crippen LogP) is 0.256. The highest BCUT2D eigenvalue weighted by Gasteiger charge is 2.44. The van der Waals surface area contributed by atoms with Crippen molar-refractivity contribution >= 4 is 24.2 Å². The third kappa shape index (κ3) is 3.67. The number of carbonyl (C=O) groups is 2. The van der Waals surface area contributed by atoms with Crippen LogP contribution in [0.3, 0.4) is 0 Å². The molecule has 0 aromatic carbocycles. The quantitative estimate of drug-likeness (QED) is 0.810. The third-order valence-corrected chi connectivity index (χ3v) is 4.36. The smallest absolute Gasteiger partial charge is 0.240 e. The van der Waals surface area contributed by atoms with Gasteiger partial charge in [0.25, 0.3) is 0 Å². The zero-order valence-electron chi connectivity index (χ0n) is 13.1. The van der Waals surface area contributed by atoms with E-state index >= 15 is 0 Å². The normalized spacial score (nSPS) is 23.6. The van der Waals surface area contributed by atoms with Crippen molar-refractivity contribution in [3.05, 3.63) is 0 Å². The maximum atomic E-state index is 12.7. The molecule has 6 nitrogen and oxygen atoms in total. The molecule has 0 unspecified atom stereocenters. The molecule has 1 N–H and O–H groups in total. The number of halogens is 1. The molecule has 0 bridgehead atoms. The average molecular weight is 320 g/mol. The van der Waals surface area contributed by atoms with Gasteiger partial charge in [-0.1, -0.05) is 0 Å². The molecule has 0 spiro atoms. The number of rotatable bonds is 3. The van der Waals surface area contributed by atoms with Crippen molar-refractivity contribution in [2.45, 2.75) is 38.3 Å². The molecule has 2 aliphatic rings. The first kappa shape index (κ1) is 18.2. The first-order valence-electron chi connectivity index (χ1n) is 7.34. The van der Waals surface area contributed by atoms with E-state index in [1.165, 1.54) is 0 Å². The summed E-state index contributed by atoms with van der Waals surface area (Å²) in [6, 6.07) is -0.180. The molecule has 0 saturated carbocycles. The van der Waals surface area contributed by atoms with Crippen molar-refractivity contribution in [3.63, 3.8) is 0 Å². The summed E-state index contributed by atoms with van der Waals surface area (Å²) in [5, 5.41) is 2.70. The molecule has 0 aliphatic carbocycles. The minimum atomic E-state index is -0.655. The molecule has 21 heavy (non-hydrogen) atoms. The second-order valence-electron chi connectivity index (χ2n) is 5.93. The Bertz CT molecular complexity index is 384. The van der Waals surface area contributed by atoms with Gasteiger partial charge in [-0.2, -0.15) is 0 Å². The Morgan fingerprint density at radius 1 is 1.19 bits per heavy atom. The van der Waals surface area contributed by atoms with Gasteiger partial charge in [-0.05, 0) is 26.7 Å². The fourth-order valence-electron chi connectivity index (χ4n) is 3.12. The summed E-state index contributed by atoms with van der Waals surface area (Å²) in [6.45, 7) is 7.09. The number of nitrogens with one attached hydrogen (secondary N) is 1. The number of likely N-dealkylation sites (tertiary alicyclic amines) is 1. The number of ether oxygens (including phenoxy) is 1. The molecule has 2 rings (SSSR count). The van der Waals surface area contributed by atoms with Crippen LogP contribution in [-0.4, -0.2) is 73.1 Å². The van der Waals surface area contributed by atoms with Crippen molar-refractivity contribution < 1.29 is 14.3 Å². The number of carbonyl (C=O) groups excluding carboxylic acids is 2. The summed E-state index contributed by atoms with van der Waals surface area (Å²) >= 11 is 0. The molecule has 2 aliphatic heterocycles. The van der Waals surface area contributed by atoms with E-state index in [-0.39, 0.29) is 30.3 Å². The van der Waals surface area contributed by atoms with E-state index in [9.17, 15) is 9.59 Å². The van der Waals surface area contributed by atoms with Crippen molar-refractivity contribution in [2.24, 2.45) is 0 Å². The van der Waals surface area contributed by atoms with E-state index in [1.54, 1.807) is 7.05 Å². The standard InChI is InChI=1S/C14H25N3O3.ClH/c1-14(2,13(19)15-3)17-6-4-5-11(17)12(18)16-7-9-20-10-8-16;/h11H,4-10H2,1-3H3,(H,15,19);1H/t11-;/m0./s1. The Hall–Kier alpha value is -0.850. The Morgan fingerprint density at radius 2 is 1.81 bits per heavy atom. The Morgan fingerprint density at radius 3 is 2.38 bits per heavy atom. The molecule has 0 aromatic heterocycles. The van der Waals surface area contributed by atoms with E-state index in [2.05, 4.69) is 5.32 Å². The van der Waals surface area contributed by atoms with Crippen molar-refractivity contribution in [1.29, 1.82) is 0 Å². The molecule has 2 amide bonds. The lowest BCUT2D eigenvalue weighted by Gasteiger charge is -2.39. The number of amides is 2. The van der Waals surface area contributed by atoms with Gasteiger partial charge in [0.15, 0.2) is 0 Å². The van der Waals surface area contributed by atoms with Gasteiger partial charge in [0, 0.05) is 26.7 Å². The highest BCUT2D eigenvalue weighted by atomic mass is 35.5. The average Bonchev–Trinajstić information content (AvgIpc) is 2.96.